The summed E-state index contributed by atoms with van der Waals surface area (Å²) >= 11 is 1.16. The van der Waals surface area contributed by atoms with E-state index in [0.29, 0.717) is 28.5 Å². The number of hydrogen-bond acceptors (Lipinski definition) is 5. The third kappa shape index (κ3) is 4.45. The zero-order valence-electron chi connectivity index (χ0n) is 18.2. The van der Waals surface area contributed by atoms with Gasteiger partial charge in [0.05, 0.1) is 12.3 Å². The first kappa shape index (κ1) is 21.9. The van der Waals surface area contributed by atoms with Crippen molar-refractivity contribution in [2.45, 2.75) is 18.6 Å². The van der Waals surface area contributed by atoms with E-state index in [1.807, 2.05) is 49.4 Å². The highest BCUT2D eigenvalue weighted by Crippen LogP contribution is 2.27. The molecule has 3 aromatic carbocycles. The minimum atomic E-state index is -0.377. The van der Waals surface area contributed by atoms with Gasteiger partial charge >= 0.3 is 0 Å². The summed E-state index contributed by atoms with van der Waals surface area (Å²) in [4.78, 5) is 30.7. The minimum absolute atomic E-state index is 0.0268. The molecule has 0 radical (unpaired) electrons. The van der Waals surface area contributed by atoms with Crippen molar-refractivity contribution in [1.29, 1.82) is 0 Å². The Morgan fingerprint density at radius 3 is 2.56 bits per heavy atom. The van der Waals surface area contributed by atoms with Crippen LogP contribution in [0.15, 0.2) is 87.2 Å². The van der Waals surface area contributed by atoms with Crippen LogP contribution in [0, 0.1) is 12.7 Å². The Morgan fingerprint density at radius 1 is 1.06 bits per heavy atom. The van der Waals surface area contributed by atoms with Gasteiger partial charge in [0.15, 0.2) is 5.16 Å². The molecule has 0 aliphatic carbocycles. The fraction of sp³-hybridized carbons (Fsp3) is 0.115. The van der Waals surface area contributed by atoms with E-state index in [1.165, 1.54) is 28.8 Å². The highest BCUT2D eigenvalue weighted by atomic mass is 32.2. The maximum atomic E-state index is 13.4. The van der Waals surface area contributed by atoms with Crippen molar-refractivity contribution in [3.05, 3.63) is 100 Å². The number of rotatable bonds is 6. The lowest BCUT2D eigenvalue weighted by Gasteiger charge is -2.12. The zero-order chi connectivity index (χ0) is 23.7. The number of carbonyl (C=O) groups excluding carboxylic acids is 1. The second-order valence-corrected chi connectivity index (χ2v) is 8.83. The summed E-state index contributed by atoms with van der Waals surface area (Å²) in [5.41, 5.74) is 3.49. The molecule has 0 fully saturated rings. The Bertz CT molecular complexity index is 1560. The molecule has 0 aliphatic heterocycles. The van der Waals surface area contributed by atoms with Crippen molar-refractivity contribution in [2.24, 2.45) is 0 Å². The maximum absolute atomic E-state index is 13.4. The minimum Gasteiger partial charge on any atom is -0.448 e. The van der Waals surface area contributed by atoms with E-state index in [9.17, 15) is 14.0 Å². The average molecular weight is 474 g/mol. The number of halogens is 1. The number of furan rings is 1. The molecule has 0 bridgehead atoms. The third-order valence-electron chi connectivity index (χ3n) is 5.37. The van der Waals surface area contributed by atoms with Gasteiger partial charge in [-0.2, -0.15) is 0 Å². The van der Waals surface area contributed by atoms with Crippen LogP contribution in [0.4, 0.5) is 10.1 Å². The van der Waals surface area contributed by atoms with Crippen molar-refractivity contribution in [2.75, 3.05) is 11.1 Å². The lowest BCUT2D eigenvalue weighted by atomic mass is 10.1. The van der Waals surface area contributed by atoms with Crippen LogP contribution in [0.2, 0.25) is 0 Å². The van der Waals surface area contributed by atoms with Crippen LogP contribution >= 0.6 is 11.8 Å². The summed E-state index contributed by atoms with van der Waals surface area (Å²) < 4.78 is 20.5. The molecule has 5 rings (SSSR count). The highest BCUT2D eigenvalue weighted by Gasteiger charge is 2.19. The first-order chi connectivity index (χ1) is 16.5. The fourth-order valence-corrected chi connectivity index (χ4v) is 4.43. The van der Waals surface area contributed by atoms with E-state index in [4.69, 9.17) is 9.40 Å². The molecule has 0 unspecified atom stereocenters. The van der Waals surface area contributed by atoms with Gasteiger partial charge < -0.3 is 9.73 Å². The average Bonchev–Trinajstić information content (AvgIpc) is 3.21. The van der Waals surface area contributed by atoms with Crippen LogP contribution < -0.4 is 10.9 Å². The van der Waals surface area contributed by atoms with Gasteiger partial charge in [-0.25, -0.2) is 9.37 Å². The molecular formula is C26H20FN3O3S. The molecule has 0 spiro atoms. The summed E-state index contributed by atoms with van der Waals surface area (Å²) in [6, 6.07) is 20.8. The van der Waals surface area contributed by atoms with E-state index < -0.39 is 0 Å². The molecule has 1 amide bonds. The molecule has 0 aliphatic rings. The molecule has 6 nitrogen and oxygen atoms in total. The number of benzene rings is 3. The normalized spacial score (nSPS) is 11.2. The van der Waals surface area contributed by atoms with Gasteiger partial charge in [0, 0.05) is 11.1 Å². The number of thioether (sulfide) groups is 1. The first-order valence-electron chi connectivity index (χ1n) is 10.6. The van der Waals surface area contributed by atoms with Crippen molar-refractivity contribution in [3.8, 4) is 0 Å². The van der Waals surface area contributed by atoms with Gasteiger partial charge in [0.1, 0.15) is 16.9 Å². The standard InChI is InChI=1S/C26H20FN3O3S/c1-16-6-8-17(9-7-16)14-30-25(32)24-23(20-4-2-3-5-21(20)33-24)29-26(30)34-15-22(31)28-19-12-10-18(27)11-13-19/h2-13H,14-15H2,1H3,(H,28,31). The number of fused-ring (bicyclic) bond motifs is 3. The number of aryl methyl sites for hydroxylation is 1. The van der Waals surface area contributed by atoms with Crippen LogP contribution in [-0.2, 0) is 11.3 Å². The Morgan fingerprint density at radius 2 is 1.79 bits per heavy atom. The van der Waals surface area contributed by atoms with E-state index in [0.717, 1.165) is 28.3 Å². The van der Waals surface area contributed by atoms with Gasteiger partial charge in [-0.3, -0.25) is 14.2 Å². The smallest absolute Gasteiger partial charge is 0.298 e. The molecular weight excluding hydrogens is 453 g/mol. The number of hydrogen-bond donors (Lipinski definition) is 1. The van der Waals surface area contributed by atoms with E-state index in [2.05, 4.69) is 5.32 Å². The summed E-state index contributed by atoms with van der Waals surface area (Å²) in [6.45, 7) is 2.29. The summed E-state index contributed by atoms with van der Waals surface area (Å²) in [6.07, 6.45) is 0. The van der Waals surface area contributed by atoms with Crippen molar-refractivity contribution >= 4 is 45.4 Å². The predicted octanol–water partition coefficient (Wildman–Crippen LogP) is 5.37. The molecule has 2 aromatic heterocycles. The summed E-state index contributed by atoms with van der Waals surface area (Å²) in [5.74, 6) is -0.638. The predicted molar refractivity (Wildman–Crippen MR) is 132 cm³/mol. The van der Waals surface area contributed by atoms with Crippen molar-refractivity contribution in [3.63, 3.8) is 0 Å². The van der Waals surface area contributed by atoms with Gasteiger partial charge in [-0.1, -0.05) is 53.7 Å². The van der Waals surface area contributed by atoms with Crippen LogP contribution in [-0.4, -0.2) is 21.2 Å². The van der Waals surface area contributed by atoms with Crippen LogP contribution in [0.25, 0.3) is 22.1 Å². The second-order valence-electron chi connectivity index (χ2n) is 7.89. The molecule has 0 saturated heterocycles. The van der Waals surface area contributed by atoms with Gasteiger partial charge in [-0.05, 0) is 48.9 Å². The molecule has 0 atom stereocenters. The van der Waals surface area contributed by atoms with Crippen molar-refractivity contribution in [1.82, 2.24) is 9.55 Å². The second kappa shape index (κ2) is 9.15. The molecule has 1 N–H and O–H groups in total. The van der Waals surface area contributed by atoms with Crippen LogP contribution in [0.3, 0.4) is 0 Å². The monoisotopic (exact) mass is 473 g/mol. The Kier molecular flexibility index (Phi) is 5.90. The number of amides is 1. The quantitative estimate of drug-likeness (QED) is 0.265. The lowest BCUT2D eigenvalue weighted by Crippen LogP contribution is -2.24. The number of para-hydroxylation sites is 1. The topological polar surface area (TPSA) is 77.1 Å². The maximum Gasteiger partial charge on any atom is 0.298 e. The van der Waals surface area contributed by atoms with E-state index in [1.54, 1.807) is 6.07 Å². The number of carbonyl (C=O) groups is 1. The summed E-state index contributed by atoms with van der Waals surface area (Å²) in [7, 11) is 0. The van der Waals surface area contributed by atoms with Crippen LogP contribution in [0.1, 0.15) is 11.1 Å². The lowest BCUT2D eigenvalue weighted by molar-refractivity contribution is -0.113. The Balaban J connectivity index is 1.50. The molecule has 0 saturated carbocycles. The first-order valence-corrected chi connectivity index (χ1v) is 11.6. The molecule has 2 heterocycles. The number of aromatic nitrogens is 2. The molecule has 34 heavy (non-hydrogen) atoms. The van der Waals surface area contributed by atoms with Gasteiger partial charge in [0.2, 0.25) is 11.5 Å². The van der Waals surface area contributed by atoms with E-state index in [-0.39, 0.29) is 28.6 Å². The SMILES string of the molecule is Cc1ccc(Cn2c(SCC(=O)Nc3ccc(F)cc3)nc3c(oc4ccccc43)c2=O)cc1. The highest BCUT2D eigenvalue weighted by molar-refractivity contribution is 7.99. The fourth-order valence-electron chi connectivity index (χ4n) is 3.64. The van der Waals surface area contributed by atoms with E-state index >= 15 is 0 Å². The largest absolute Gasteiger partial charge is 0.448 e. The van der Waals surface area contributed by atoms with Gasteiger partial charge in [-0.15, -0.1) is 0 Å². The molecule has 8 heteroatoms. The Labute approximate surface area is 198 Å². The van der Waals surface area contributed by atoms with Crippen LogP contribution in [0.5, 0.6) is 0 Å². The zero-order valence-corrected chi connectivity index (χ0v) is 19.1. The number of nitrogens with one attached hydrogen (secondary N) is 1. The third-order valence-corrected chi connectivity index (χ3v) is 6.35. The Hall–Kier alpha value is -3.91. The number of anilines is 1. The van der Waals surface area contributed by atoms with Gasteiger partial charge in [0.25, 0.3) is 5.56 Å². The molecule has 170 valence electrons. The molecule has 5 aromatic rings. The number of nitrogens with zero attached hydrogens (tertiary/aromatic N) is 2. The van der Waals surface area contributed by atoms with Crippen molar-refractivity contribution < 1.29 is 13.6 Å². The summed E-state index contributed by atoms with van der Waals surface area (Å²) in [5, 5.41) is 3.89.